The molecule has 0 spiro atoms. The highest BCUT2D eigenvalue weighted by Crippen LogP contribution is 2.15. The van der Waals surface area contributed by atoms with Crippen molar-refractivity contribution in [1.82, 2.24) is 10.2 Å². The molecule has 0 radical (unpaired) electrons. The van der Waals surface area contributed by atoms with Crippen LogP contribution in [0.3, 0.4) is 0 Å². The van der Waals surface area contributed by atoms with Crippen LogP contribution in [0.1, 0.15) is 19.8 Å². The first-order valence-electron chi connectivity index (χ1n) is 8.38. The standard InChI is InChI=1S/C18H21ClN4O3/c1-2-26-18(25)23-9-7-15(8-10-23)21-12-13(11-20)17(24)22-16-5-3-14(19)4-6-16/h3-6,12,15,21H,2,7-10H2,1H3,(H,22,24)/b13-12-. The minimum Gasteiger partial charge on any atom is -0.450 e. The van der Waals surface area contributed by atoms with Gasteiger partial charge in [0.05, 0.1) is 6.61 Å². The molecule has 0 aliphatic carbocycles. The van der Waals surface area contributed by atoms with Crippen molar-refractivity contribution in [3.05, 3.63) is 41.1 Å². The molecule has 1 saturated heterocycles. The van der Waals surface area contributed by atoms with Gasteiger partial charge in [-0.3, -0.25) is 4.79 Å². The maximum absolute atomic E-state index is 12.2. The molecule has 0 unspecified atom stereocenters. The van der Waals surface area contributed by atoms with Crippen LogP contribution in [0.25, 0.3) is 0 Å². The molecule has 1 aliphatic heterocycles. The molecule has 0 bridgehead atoms. The number of hydrogen-bond donors (Lipinski definition) is 2. The van der Waals surface area contributed by atoms with Crippen molar-refractivity contribution in [2.24, 2.45) is 0 Å². The molecule has 138 valence electrons. The molecule has 0 atom stereocenters. The molecule has 1 aromatic rings. The van der Waals surface area contributed by atoms with Gasteiger partial charge in [0.15, 0.2) is 0 Å². The summed E-state index contributed by atoms with van der Waals surface area (Å²) >= 11 is 5.80. The lowest BCUT2D eigenvalue weighted by Gasteiger charge is -2.31. The van der Waals surface area contributed by atoms with Crippen LogP contribution in [0.4, 0.5) is 10.5 Å². The van der Waals surface area contributed by atoms with Gasteiger partial charge in [-0.05, 0) is 44.0 Å². The molecule has 7 nitrogen and oxygen atoms in total. The number of rotatable bonds is 5. The normalized spacial score (nSPS) is 15.1. The quantitative estimate of drug-likeness (QED) is 0.608. The van der Waals surface area contributed by atoms with Crippen molar-refractivity contribution in [2.45, 2.75) is 25.8 Å². The van der Waals surface area contributed by atoms with E-state index in [1.165, 1.54) is 6.20 Å². The second-order valence-electron chi connectivity index (χ2n) is 5.76. The van der Waals surface area contributed by atoms with E-state index in [4.69, 9.17) is 16.3 Å². The molecule has 1 aromatic carbocycles. The highest BCUT2D eigenvalue weighted by atomic mass is 35.5. The zero-order valence-electron chi connectivity index (χ0n) is 14.5. The molecule has 2 N–H and O–H groups in total. The zero-order chi connectivity index (χ0) is 18.9. The van der Waals surface area contributed by atoms with Gasteiger partial charge in [-0.15, -0.1) is 0 Å². The monoisotopic (exact) mass is 376 g/mol. The predicted octanol–water partition coefficient (Wildman–Crippen LogP) is 2.90. The summed E-state index contributed by atoms with van der Waals surface area (Å²) in [6, 6.07) is 8.61. The number of carbonyl (C=O) groups is 2. The Balaban J connectivity index is 1.85. The minimum atomic E-state index is -0.494. The van der Waals surface area contributed by atoms with Crippen molar-refractivity contribution in [3.63, 3.8) is 0 Å². The summed E-state index contributed by atoms with van der Waals surface area (Å²) in [6.07, 6.45) is 2.55. The molecule has 0 saturated carbocycles. The first-order valence-corrected chi connectivity index (χ1v) is 8.76. The molecular weight excluding hydrogens is 356 g/mol. The molecular formula is C18H21ClN4O3. The van der Waals surface area contributed by atoms with Crippen LogP contribution in [-0.2, 0) is 9.53 Å². The molecule has 1 aliphatic rings. The summed E-state index contributed by atoms with van der Waals surface area (Å²) in [4.78, 5) is 25.5. The van der Waals surface area contributed by atoms with Crippen LogP contribution in [0.15, 0.2) is 36.0 Å². The van der Waals surface area contributed by atoms with Crippen LogP contribution in [-0.4, -0.2) is 42.6 Å². The Hall–Kier alpha value is -2.72. The van der Waals surface area contributed by atoms with Gasteiger partial charge in [-0.1, -0.05) is 11.6 Å². The highest BCUT2D eigenvalue weighted by molar-refractivity contribution is 6.30. The Bertz CT molecular complexity index is 704. The molecule has 8 heteroatoms. The number of piperidine rings is 1. The van der Waals surface area contributed by atoms with Gasteiger partial charge in [0.2, 0.25) is 0 Å². The fraction of sp³-hybridized carbons (Fsp3) is 0.389. The van der Waals surface area contributed by atoms with Gasteiger partial charge < -0.3 is 20.3 Å². The van der Waals surface area contributed by atoms with Crippen LogP contribution in [0, 0.1) is 11.3 Å². The van der Waals surface area contributed by atoms with Gasteiger partial charge in [0.1, 0.15) is 11.6 Å². The maximum Gasteiger partial charge on any atom is 0.409 e. The summed E-state index contributed by atoms with van der Waals surface area (Å²) in [6.45, 7) is 3.27. The number of nitriles is 1. The van der Waals surface area contributed by atoms with Crippen molar-refractivity contribution in [3.8, 4) is 6.07 Å². The Labute approximate surface area is 157 Å². The Morgan fingerprint density at radius 1 is 1.35 bits per heavy atom. The van der Waals surface area contributed by atoms with E-state index >= 15 is 0 Å². The van der Waals surface area contributed by atoms with Gasteiger partial charge >= 0.3 is 6.09 Å². The summed E-state index contributed by atoms with van der Waals surface area (Å²) in [7, 11) is 0. The number of nitrogens with zero attached hydrogens (tertiary/aromatic N) is 2. The van der Waals surface area contributed by atoms with Crippen molar-refractivity contribution >= 4 is 29.3 Å². The smallest absolute Gasteiger partial charge is 0.409 e. The van der Waals surface area contributed by atoms with Crippen molar-refractivity contribution in [2.75, 3.05) is 25.0 Å². The second-order valence-corrected chi connectivity index (χ2v) is 6.19. The van der Waals surface area contributed by atoms with E-state index in [0.717, 1.165) is 0 Å². The van der Waals surface area contributed by atoms with E-state index in [9.17, 15) is 14.9 Å². The second kappa shape index (κ2) is 9.68. The van der Waals surface area contributed by atoms with Crippen molar-refractivity contribution in [1.29, 1.82) is 5.26 Å². The lowest BCUT2D eigenvalue weighted by atomic mass is 10.1. The number of benzene rings is 1. The molecule has 26 heavy (non-hydrogen) atoms. The van der Waals surface area contributed by atoms with Crippen molar-refractivity contribution < 1.29 is 14.3 Å². The maximum atomic E-state index is 12.2. The number of hydrogen-bond acceptors (Lipinski definition) is 5. The first-order chi connectivity index (χ1) is 12.5. The highest BCUT2D eigenvalue weighted by Gasteiger charge is 2.23. The number of ether oxygens (including phenoxy) is 1. The van der Waals surface area contributed by atoms with E-state index in [2.05, 4.69) is 10.6 Å². The van der Waals surface area contributed by atoms with Gasteiger partial charge in [-0.25, -0.2) is 4.79 Å². The fourth-order valence-electron chi connectivity index (χ4n) is 2.52. The zero-order valence-corrected chi connectivity index (χ0v) is 15.3. The minimum absolute atomic E-state index is 0.0206. The van der Waals surface area contributed by atoms with Gasteiger partial charge in [0.25, 0.3) is 5.91 Å². The first kappa shape index (κ1) is 19.6. The lowest BCUT2D eigenvalue weighted by Crippen LogP contribution is -2.44. The summed E-state index contributed by atoms with van der Waals surface area (Å²) < 4.78 is 4.98. The number of halogens is 1. The van der Waals surface area contributed by atoms with Crippen LogP contribution < -0.4 is 10.6 Å². The lowest BCUT2D eigenvalue weighted by molar-refractivity contribution is -0.112. The van der Waals surface area contributed by atoms with E-state index in [-0.39, 0.29) is 17.7 Å². The third kappa shape index (κ3) is 5.67. The summed E-state index contributed by atoms with van der Waals surface area (Å²) in [5.74, 6) is -0.494. The largest absolute Gasteiger partial charge is 0.450 e. The fourth-order valence-corrected chi connectivity index (χ4v) is 2.65. The third-order valence-corrected chi connectivity index (χ3v) is 4.20. The Morgan fingerprint density at radius 3 is 2.58 bits per heavy atom. The predicted molar refractivity (Wildman–Crippen MR) is 98.5 cm³/mol. The van der Waals surface area contributed by atoms with Gasteiger partial charge in [-0.2, -0.15) is 5.26 Å². The molecule has 2 amide bonds. The number of nitrogens with one attached hydrogen (secondary N) is 2. The van der Waals surface area contributed by atoms with E-state index in [1.54, 1.807) is 36.1 Å². The number of anilines is 1. The number of amides is 2. The Kier molecular flexibility index (Phi) is 7.30. The molecule has 1 fully saturated rings. The summed E-state index contributed by atoms with van der Waals surface area (Å²) in [5, 5.41) is 15.5. The molecule has 2 rings (SSSR count). The number of likely N-dealkylation sites (tertiary alicyclic amines) is 1. The van der Waals surface area contributed by atoms with E-state index < -0.39 is 5.91 Å². The average Bonchev–Trinajstić information content (AvgIpc) is 2.65. The molecule has 0 aromatic heterocycles. The van der Waals surface area contributed by atoms with Crippen LogP contribution >= 0.6 is 11.6 Å². The van der Waals surface area contributed by atoms with Crippen LogP contribution in [0.2, 0.25) is 5.02 Å². The van der Waals surface area contributed by atoms with Crippen LogP contribution in [0.5, 0.6) is 0 Å². The molecule has 1 heterocycles. The van der Waals surface area contributed by atoms with Gasteiger partial charge in [0, 0.05) is 36.0 Å². The Morgan fingerprint density at radius 2 is 2.00 bits per heavy atom. The summed E-state index contributed by atoms with van der Waals surface area (Å²) in [5.41, 5.74) is 0.538. The average molecular weight is 377 g/mol. The van der Waals surface area contributed by atoms with E-state index in [1.807, 2.05) is 6.07 Å². The topological polar surface area (TPSA) is 94.5 Å². The SMILES string of the molecule is CCOC(=O)N1CCC(N/C=C(/C#N)C(=O)Nc2ccc(Cl)cc2)CC1. The number of carbonyl (C=O) groups excluding carboxylic acids is 2. The van der Waals surface area contributed by atoms with E-state index in [0.29, 0.717) is 43.2 Å². The third-order valence-electron chi connectivity index (χ3n) is 3.95.